The van der Waals surface area contributed by atoms with Crippen LogP contribution in [0.1, 0.15) is 43.2 Å². The first-order valence-electron chi connectivity index (χ1n) is 9.54. The molecule has 1 aromatic rings. The van der Waals surface area contributed by atoms with Gasteiger partial charge >= 0.3 is 6.03 Å². The molecule has 2 amide bonds. The van der Waals surface area contributed by atoms with Crippen LogP contribution in [0.4, 0.5) is 10.5 Å². The van der Waals surface area contributed by atoms with E-state index in [1.807, 2.05) is 7.05 Å². The number of hydrogen-bond acceptors (Lipinski definition) is 3. The predicted octanol–water partition coefficient (Wildman–Crippen LogP) is 2.76. The molecule has 3 rings (SSSR count). The summed E-state index contributed by atoms with van der Waals surface area (Å²) < 4.78 is 0. The molecular weight excluding hydrogens is 314 g/mol. The summed E-state index contributed by atoms with van der Waals surface area (Å²) >= 11 is 0. The maximum absolute atomic E-state index is 12.4. The number of nitrogens with zero attached hydrogens (tertiary/aromatic N) is 2. The van der Waals surface area contributed by atoms with Gasteiger partial charge in [-0.3, -0.25) is 0 Å². The Morgan fingerprint density at radius 3 is 2.92 bits per heavy atom. The molecule has 2 N–H and O–H groups in total. The second-order valence-electron chi connectivity index (χ2n) is 7.64. The van der Waals surface area contributed by atoms with E-state index in [1.54, 1.807) is 4.90 Å². The first-order chi connectivity index (χ1) is 12.0. The maximum atomic E-state index is 12.4. The monoisotopic (exact) mass is 345 g/mol. The molecule has 1 aliphatic carbocycles. The lowest BCUT2D eigenvalue weighted by atomic mass is 9.86. The third-order valence-electron chi connectivity index (χ3n) is 5.66. The molecule has 1 aromatic carbocycles. The van der Waals surface area contributed by atoms with E-state index >= 15 is 0 Å². The van der Waals surface area contributed by atoms with Gasteiger partial charge < -0.3 is 20.2 Å². The zero-order valence-corrected chi connectivity index (χ0v) is 15.5. The zero-order chi connectivity index (χ0) is 17.8. The lowest BCUT2D eigenvalue weighted by molar-refractivity contribution is 0.0565. The first kappa shape index (κ1) is 18.1. The second-order valence-corrected chi connectivity index (χ2v) is 7.64. The fourth-order valence-corrected chi connectivity index (χ4v) is 4.10. The van der Waals surface area contributed by atoms with Crippen molar-refractivity contribution in [1.82, 2.24) is 10.2 Å². The number of carbonyl (C=O) groups excluding carboxylic acids is 1. The van der Waals surface area contributed by atoms with Crippen LogP contribution in [0.15, 0.2) is 18.2 Å². The average molecular weight is 345 g/mol. The number of fused-ring (bicyclic) bond motifs is 1. The van der Waals surface area contributed by atoms with Gasteiger partial charge in [-0.15, -0.1) is 0 Å². The molecule has 0 aromatic heterocycles. The molecule has 0 spiro atoms. The summed E-state index contributed by atoms with van der Waals surface area (Å²) in [6, 6.07) is 6.42. The van der Waals surface area contributed by atoms with Crippen molar-refractivity contribution >= 4 is 11.7 Å². The quantitative estimate of drug-likeness (QED) is 0.882. The molecule has 5 nitrogen and oxygen atoms in total. The van der Waals surface area contributed by atoms with Crippen LogP contribution in [0.5, 0.6) is 0 Å². The molecule has 0 radical (unpaired) electrons. The number of amides is 2. The number of anilines is 1. The van der Waals surface area contributed by atoms with Crippen LogP contribution in [-0.2, 0) is 13.0 Å². The van der Waals surface area contributed by atoms with E-state index in [2.05, 4.69) is 35.5 Å². The Morgan fingerprint density at radius 2 is 2.12 bits per heavy atom. The number of aliphatic hydroxyl groups is 1. The van der Waals surface area contributed by atoms with Gasteiger partial charge in [-0.2, -0.15) is 0 Å². The Morgan fingerprint density at radius 1 is 1.32 bits per heavy atom. The molecule has 2 unspecified atom stereocenters. The molecule has 2 aliphatic rings. The summed E-state index contributed by atoms with van der Waals surface area (Å²) in [5.74, 6) is 0.212. The summed E-state index contributed by atoms with van der Waals surface area (Å²) in [7, 11) is 3.95. The van der Waals surface area contributed by atoms with Gasteiger partial charge in [0.05, 0.1) is 6.10 Å². The lowest BCUT2D eigenvalue weighted by Gasteiger charge is -2.31. The Hall–Kier alpha value is -1.75. The van der Waals surface area contributed by atoms with Crippen molar-refractivity contribution in [2.45, 2.75) is 51.2 Å². The van der Waals surface area contributed by atoms with Crippen molar-refractivity contribution in [3.8, 4) is 0 Å². The van der Waals surface area contributed by atoms with E-state index in [0.29, 0.717) is 13.1 Å². The average Bonchev–Trinajstić information content (AvgIpc) is 2.61. The number of nitrogens with one attached hydrogen (secondary N) is 1. The van der Waals surface area contributed by atoms with E-state index < -0.39 is 0 Å². The van der Waals surface area contributed by atoms with E-state index in [9.17, 15) is 9.90 Å². The van der Waals surface area contributed by atoms with Gasteiger partial charge in [0, 0.05) is 45.3 Å². The van der Waals surface area contributed by atoms with Gasteiger partial charge in [-0.25, -0.2) is 4.79 Å². The zero-order valence-electron chi connectivity index (χ0n) is 15.5. The fourth-order valence-electron chi connectivity index (χ4n) is 4.10. The van der Waals surface area contributed by atoms with E-state index in [0.717, 1.165) is 44.2 Å². The van der Waals surface area contributed by atoms with Crippen LogP contribution < -0.4 is 10.2 Å². The number of benzene rings is 1. The van der Waals surface area contributed by atoms with Crippen molar-refractivity contribution in [3.63, 3.8) is 0 Å². The number of aliphatic hydroxyl groups excluding tert-OH is 1. The minimum Gasteiger partial charge on any atom is -0.393 e. The molecule has 1 fully saturated rings. The summed E-state index contributed by atoms with van der Waals surface area (Å²) in [4.78, 5) is 16.4. The van der Waals surface area contributed by atoms with Crippen molar-refractivity contribution in [3.05, 3.63) is 29.3 Å². The van der Waals surface area contributed by atoms with Gasteiger partial charge in [-0.1, -0.05) is 25.0 Å². The fraction of sp³-hybridized carbons (Fsp3) is 0.650. The highest BCUT2D eigenvalue weighted by molar-refractivity contribution is 5.73. The van der Waals surface area contributed by atoms with E-state index in [1.165, 1.54) is 17.7 Å². The standard InChI is InChI=1S/C20H31N3O2/c1-22-11-5-7-16-12-15(9-10-18(16)22)13-21-20(25)23(2)14-17-6-3-4-8-19(17)24/h9-10,12,17,19,24H,3-8,11,13-14H2,1-2H3,(H,21,25). The third-order valence-corrected chi connectivity index (χ3v) is 5.66. The molecule has 0 bridgehead atoms. The largest absolute Gasteiger partial charge is 0.393 e. The van der Waals surface area contributed by atoms with Gasteiger partial charge in [0.15, 0.2) is 0 Å². The highest BCUT2D eigenvalue weighted by Gasteiger charge is 2.25. The highest BCUT2D eigenvalue weighted by Crippen LogP contribution is 2.27. The maximum Gasteiger partial charge on any atom is 0.317 e. The second kappa shape index (κ2) is 8.09. The highest BCUT2D eigenvalue weighted by atomic mass is 16.3. The summed E-state index contributed by atoms with van der Waals surface area (Å²) in [6.07, 6.45) is 6.16. The minimum atomic E-state index is -0.262. The van der Waals surface area contributed by atoms with Crippen molar-refractivity contribution in [2.75, 3.05) is 32.1 Å². The Bertz CT molecular complexity index is 605. The van der Waals surface area contributed by atoms with Crippen molar-refractivity contribution < 1.29 is 9.90 Å². The molecule has 5 heteroatoms. The smallest absolute Gasteiger partial charge is 0.317 e. The molecule has 1 heterocycles. The molecular formula is C20H31N3O2. The minimum absolute atomic E-state index is 0.0624. The van der Waals surface area contributed by atoms with Crippen LogP contribution in [-0.4, -0.2) is 49.3 Å². The SMILES string of the molecule is CN(CC1CCCCC1O)C(=O)NCc1ccc2c(c1)CCCN2C. The first-order valence-corrected chi connectivity index (χ1v) is 9.54. The van der Waals surface area contributed by atoms with Crippen molar-refractivity contribution in [2.24, 2.45) is 5.92 Å². The van der Waals surface area contributed by atoms with Crippen molar-refractivity contribution in [1.29, 1.82) is 0 Å². The number of aryl methyl sites for hydroxylation is 1. The van der Waals surface area contributed by atoms with Gasteiger partial charge in [0.2, 0.25) is 0 Å². The van der Waals surface area contributed by atoms with Crippen LogP contribution in [0, 0.1) is 5.92 Å². The van der Waals surface area contributed by atoms with E-state index in [4.69, 9.17) is 0 Å². The molecule has 0 saturated heterocycles. The predicted molar refractivity (Wildman–Crippen MR) is 101 cm³/mol. The van der Waals surface area contributed by atoms with Gasteiger partial charge in [-0.05, 0) is 42.9 Å². The van der Waals surface area contributed by atoms with Gasteiger partial charge in [0.1, 0.15) is 0 Å². The molecule has 1 saturated carbocycles. The normalized spacial score (nSPS) is 23.1. The number of carbonyl (C=O) groups is 1. The number of rotatable bonds is 4. The van der Waals surface area contributed by atoms with Crippen LogP contribution in [0.25, 0.3) is 0 Å². The summed E-state index contributed by atoms with van der Waals surface area (Å²) in [5, 5.41) is 13.1. The third kappa shape index (κ3) is 4.46. The molecule has 2 atom stereocenters. The van der Waals surface area contributed by atoms with Gasteiger partial charge in [0.25, 0.3) is 0 Å². The Labute approximate surface area is 151 Å². The molecule has 138 valence electrons. The topological polar surface area (TPSA) is 55.8 Å². The Kier molecular flexibility index (Phi) is 5.84. The number of urea groups is 1. The van der Waals surface area contributed by atoms with Crippen LogP contribution >= 0.6 is 0 Å². The lowest BCUT2D eigenvalue weighted by Crippen LogP contribution is -2.42. The van der Waals surface area contributed by atoms with Crippen LogP contribution in [0.3, 0.4) is 0 Å². The van der Waals surface area contributed by atoms with Crippen LogP contribution in [0.2, 0.25) is 0 Å². The molecule has 25 heavy (non-hydrogen) atoms. The molecule has 1 aliphatic heterocycles. The summed E-state index contributed by atoms with van der Waals surface area (Å²) in [5.41, 5.74) is 3.83. The Balaban J connectivity index is 1.51. The van der Waals surface area contributed by atoms with E-state index in [-0.39, 0.29) is 18.1 Å². The number of hydrogen-bond donors (Lipinski definition) is 2. The summed E-state index contributed by atoms with van der Waals surface area (Å²) in [6.45, 7) is 2.29.